The Morgan fingerprint density at radius 1 is 0.862 bits per heavy atom. The first kappa shape index (κ1) is 20.8. The van der Waals surface area contributed by atoms with E-state index in [1.54, 1.807) is 0 Å². The molecule has 11 atom stereocenters. The molecule has 4 saturated carbocycles. The molecule has 1 heteroatoms. The monoisotopic (exact) mass is 400 g/mol. The van der Waals surface area contributed by atoms with Gasteiger partial charge in [-0.3, -0.25) is 0 Å². The smallest absolute Gasteiger partial charge is 0.0870 e. The van der Waals surface area contributed by atoms with Crippen molar-refractivity contribution in [2.75, 3.05) is 0 Å². The summed E-state index contributed by atoms with van der Waals surface area (Å²) in [6.45, 7) is 15.3. The Balaban J connectivity index is 1.31. The Kier molecular flexibility index (Phi) is 5.21. The van der Waals surface area contributed by atoms with Crippen LogP contribution >= 0.6 is 0 Å². The molecule has 0 radical (unpaired) electrons. The van der Waals surface area contributed by atoms with E-state index in [2.05, 4.69) is 41.5 Å². The van der Waals surface area contributed by atoms with Gasteiger partial charge in [-0.2, -0.15) is 0 Å². The molecule has 0 aromatic rings. The zero-order chi connectivity index (χ0) is 20.6. The lowest BCUT2D eigenvalue weighted by Gasteiger charge is -2.61. The maximum Gasteiger partial charge on any atom is 0.0870 e. The largest absolute Gasteiger partial charge is 0.369 e. The van der Waals surface area contributed by atoms with Gasteiger partial charge in [0, 0.05) is 0 Å². The molecule has 5 fully saturated rings. The van der Waals surface area contributed by atoms with E-state index in [9.17, 15) is 0 Å². The lowest BCUT2D eigenvalue weighted by atomic mass is 9.43. The van der Waals surface area contributed by atoms with E-state index < -0.39 is 0 Å². The molecule has 0 amide bonds. The van der Waals surface area contributed by atoms with Gasteiger partial charge in [-0.1, -0.05) is 60.8 Å². The maximum absolute atomic E-state index is 6.14. The van der Waals surface area contributed by atoms with Crippen LogP contribution in [0.3, 0.4) is 0 Å². The van der Waals surface area contributed by atoms with Crippen LogP contribution in [0.4, 0.5) is 0 Å². The summed E-state index contributed by atoms with van der Waals surface area (Å²) in [7, 11) is 0. The molecular weight excluding hydrogens is 352 g/mol. The Morgan fingerprint density at radius 2 is 1.59 bits per heavy atom. The molecule has 0 aromatic carbocycles. The third-order valence-corrected chi connectivity index (χ3v) is 11.6. The van der Waals surface area contributed by atoms with Gasteiger partial charge in [0.2, 0.25) is 0 Å². The molecular formula is C28H48O. The molecule has 166 valence electrons. The minimum Gasteiger partial charge on any atom is -0.369 e. The Hall–Kier alpha value is -0.0400. The van der Waals surface area contributed by atoms with Gasteiger partial charge in [-0.15, -0.1) is 0 Å². The number of ether oxygens (including phenoxy) is 1. The molecule has 5 rings (SSSR count). The van der Waals surface area contributed by atoms with E-state index in [1.165, 1.54) is 64.2 Å². The summed E-state index contributed by atoms with van der Waals surface area (Å²) in [5.74, 6) is 7.56. The van der Waals surface area contributed by atoms with Crippen LogP contribution < -0.4 is 0 Å². The van der Waals surface area contributed by atoms with Crippen LogP contribution in [0.25, 0.3) is 0 Å². The predicted octanol–water partition coefficient (Wildman–Crippen LogP) is 7.73. The molecule has 0 unspecified atom stereocenters. The van der Waals surface area contributed by atoms with Crippen molar-refractivity contribution < 1.29 is 4.74 Å². The standard InChI is InChI=1S/C28H48O/c1-17(2)8-7-9-18(3)21-12-13-23-20-10-11-22-19(4)26-25(29-26)16-28(22,6)24(20)14-15-27(21,23)5/h17-26H,7-16H2,1-6H3/t18-,19-,20+,21-,22+,23+,24+,25+,26-,27-,28+/m1/s1. The van der Waals surface area contributed by atoms with Crippen molar-refractivity contribution in [2.45, 2.75) is 118 Å². The summed E-state index contributed by atoms with van der Waals surface area (Å²) < 4.78 is 6.14. The summed E-state index contributed by atoms with van der Waals surface area (Å²) in [6.07, 6.45) is 16.1. The highest BCUT2D eigenvalue weighted by atomic mass is 16.6. The lowest BCUT2D eigenvalue weighted by molar-refractivity contribution is -0.121. The first-order valence-corrected chi connectivity index (χ1v) is 13.4. The number of rotatable bonds is 5. The molecule has 29 heavy (non-hydrogen) atoms. The Labute approximate surface area is 181 Å². The second-order valence-electron chi connectivity index (χ2n) is 13.3. The van der Waals surface area contributed by atoms with Gasteiger partial charge >= 0.3 is 0 Å². The SMILES string of the molecule is CC(C)CCC[C@@H](C)[C@H]1CC[C@H]2[C@@H]3CC[C@H]4[C@@H](C)[C@H]5O[C@H]5C[C@]4(C)[C@H]3CC[C@]12C. The molecule has 1 nitrogen and oxygen atoms in total. The van der Waals surface area contributed by atoms with Crippen LogP contribution in [-0.4, -0.2) is 12.2 Å². The van der Waals surface area contributed by atoms with Crippen LogP contribution in [0.1, 0.15) is 106 Å². The minimum absolute atomic E-state index is 0.572. The molecule has 0 N–H and O–H groups in total. The van der Waals surface area contributed by atoms with Gasteiger partial charge in [0.1, 0.15) is 0 Å². The van der Waals surface area contributed by atoms with Gasteiger partial charge in [0.15, 0.2) is 0 Å². The molecule has 1 heterocycles. The number of hydrogen-bond acceptors (Lipinski definition) is 1. The predicted molar refractivity (Wildman–Crippen MR) is 122 cm³/mol. The summed E-state index contributed by atoms with van der Waals surface area (Å²) in [6, 6.07) is 0. The summed E-state index contributed by atoms with van der Waals surface area (Å²) in [5.41, 5.74) is 1.21. The van der Waals surface area contributed by atoms with Crippen molar-refractivity contribution in [1.82, 2.24) is 0 Å². The van der Waals surface area contributed by atoms with Crippen LogP contribution in [0, 0.1) is 58.2 Å². The Morgan fingerprint density at radius 3 is 2.34 bits per heavy atom. The average Bonchev–Trinajstić information content (AvgIpc) is 3.32. The fourth-order valence-electron chi connectivity index (χ4n) is 10.1. The second kappa shape index (κ2) is 7.25. The first-order chi connectivity index (χ1) is 13.8. The van der Waals surface area contributed by atoms with E-state index in [4.69, 9.17) is 4.74 Å². The quantitative estimate of drug-likeness (QED) is 0.430. The van der Waals surface area contributed by atoms with Crippen LogP contribution in [0.5, 0.6) is 0 Å². The van der Waals surface area contributed by atoms with E-state index in [-0.39, 0.29) is 0 Å². The van der Waals surface area contributed by atoms with E-state index in [0.29, 0.717) is 23.0 Å². The van der Waals surface area contributed by atoms with Crippen molar-refractivity contribution in [1.29, 1.82) is 0 Å². The van der Waals surface area contributed by atoms with Crippen LogP contribution in [-0.2, 0) is 4.74 Å². The van der Waals surface area contributed by atoms with Gasteiger partial charge < -0.3 is 4.74 Å². The molecule has 4 aliphatic carbocycles. The van der Waals surface area contributed by atoms with Crippen molar-refractivity contribution in [3.63, 3.8) is 0 Å². The third kappa shape index (κ3) is 3.18. The molecule has 1 saturated heterocycles. The molecule has 1 aliphatic heterocycles. The number of hydrogen-bond donors (Lipinski definition) is 0. The summed E-state index contributed by atoms with van der Waals surface area (Å²) in [5, 5.41) is 0. The maximum atomic E-state index is 6.14. The fourth-order valence-corrected chi connectivity index (χ4v) is 10.1. The van der Waals surface area contributed by atoms with Gasteiger partial charge in [0.05, 0.1) is 12.2 Å². The van der Waals surface area contributed by atoms with Crippen molar-refractivity contribution >= 4 is 0 Å². The van der Waals surface area contributed by atoms with E-state index in [1.807, 2.05) is 0 Å². The molecule has 0 bridgehead atoms. The van der Waals surface area contributed by atoms with Crippen molar-refractivity contribution in [3.05, 3.63) is 0 Å². The highest BCUT2D eigenvalue weighted by molar-refractivity contribution is 5.14. The van der Waals surface area contributed by atoms with Crippen LogP contribution in [0.15, 0.2) is 0 Å². The van der Waals surface area contributed by atoms with E-state index >= 15 is 0 Å². The minimum atomic E-state index is 0.572. The molecule has 0 aromatic heterocycles. The third-order valence-electron chi connectivity index (χ3n) is 11.6. The van der Waals surface area contributed by atoms with E-state index in [0.717, 1.165) is 47.3 Å². The zero-order valence-electron chi connectivity index (χ0n) is 20.3. The Bertz CT molecular complexity index is 611. The normalized spacial score (nSPS) is 54.3. The molecule has 5 aliphatic rings. The van der Waals surface area contributed by atoms with Crippen molar-refractivity contribution in [2.24, 2.45) is 58.2 Å². The number of epoxide rings is 1. The number of fused-ring (bicyclic) bond motifs is 6. The highest BCUT2D eigenvalue weighted by Gasteiger charge is 2.65. The zero-order valence-corrected chi connectivity index (χ0v) is 20.3. The summed E-state index contributed by atoms with van der Waals surface area (Å²) >= 11 is 0. The van der Waals surface area contributed by atoms with Gasteiger partial charge in [-0.05, 0) is 103 Å². The van der Waals surface area contributed by atoms with Gasteiger partial charge in [-0.25, -0.2) is 0 Å². The van der Waals surface area contributed by atoms with Gasteiger partial charge in [0.25, 0.3) is 0 Å². The topological polar surface area (TPSA) is 12.5 Å². The first-order valence-electron chi connectivity index (χ1n) is 13.4. The average molecular weight is 401 g/mol. The van der Waals surface area contributed by atoms with Crippen LogP contribution in [0.2, 0.25) is 0 Å². The fraction of sp³-hybridized carbons (Fsp3) is 1.00. The lowest BCUT2D eigenvalue weighted by Crippen LogP contribution is -2.55. The highest BCUT2D eigenvalue weighted by Crippen LogP contribution is 2.70. The van der Waals surface area contributed by atoms with Crippen molar-refractivity contribution in [3.8, 4) is 0 Å². The molecule has 0 spiro atoms. The second-order valence-corrected chi connectivity index (χ2v) is 13.3. The summed E-state index contributed by atoms with van der Waals surface area (Å²) in [4.78, 5) is 0.